The average molecular weight is 375 g/mol. The maximum absolute atomic E-state index is 12.9. The molecule has 142 valence electrons. The molecule has 0 aliphatic heterocycles. The Morgan fingerprint density at radius 3 is 2.26 bits per heavy atom. The van der Waals surface area contributed by atoms with Crippen LogP contribution in [0.15, 0.2) is 41.5 Å². The van der Waals surface area contributed by atoms with Gasteiger partial charge in [-0.2, -0.15) is 5.10 Å². The highest BCUT2D eigenvalue weighted by molar-refractivity contribution is 5.95. The molecular formula is C18H18FN3O5. The highest BCUT2D eigenvalue weighted by Gasteiger charge is 2.14. The lowest BCUT2D eigenvalue weighted by atomic mass is 10.2. The van der Waals surface area contributed by atoms with E-state index in [4.69, 9.17) is 19.9 Å². The van der Waals surface area contributed by atoms with Crippen LogP contribution in [0.5, 0.6) is 17.2 Å². The summed E-state index contributed by atoms with van der Waals surface area (Å²) in [5.74, 6) is -0.775. The summed E-state index contributed by atoms with van der Waals surface area (Å²) in [5.41, 5.74) is 8.21. The van der Waals surface area contributed by atoms with E-state index in [9.17, 15) is 14.0 Å². The van der Waals surface area contributed by atoms with Gasteiger partial charge in [-0.15, -0.1) is 0 Å². The van der Waals surface area contributed by atoms with Crippen LogP contribution in [0.1, 0.15) is 15.9 Å². The molecule has 2 aromatic rings. The highest BCUT2D eigenvalue weighted by Crippen LogP contribution is 2.38. The van der Waals surface area contributed by atoms with Crippen molar-refractivity contribution in [1.82, 2.24) is 5.43 Å². The molecule has 2 aromatic carbocycles. The number of nitrogens with two attached hydrogens (primary N) is 1. The molecule has 0 saturated heterocycles. The lowest BCUT2D eigenvalue weighted by Gasteiger charge is -2.14. The summed E-state index contributed by atoms with van der Waals surface area (Å²) in [6.45, 7) is -0.339. The van der Waals surface area contributed by atoms with Gasteiger partial charge in [0.2, 0.25) is 5.75 Å². The SMILES string of the molecule is COc1cc(/C=N\NC(=O)c2ccc(F)cc2)cc(OC)c1OCC(N)=O. The number of halogens is 1. The molecule has 9 heteroatoms. The lowest BCUT2D eigenvalue weighted by molar-refractivity contribution is -0.120. The van der Waals surface area contributed by atoms with E-state index in [0.717, 1.165) is 0 Å². The maximum atomic E-state index is 12.9. The largest absolute Gasteiger partial charge is 0.493 e. The smallest absolute Gasteiger partial charge is 0.271 e. The third-order valence-corrected chi connectivity index (χ3v) is 3.33. The fraction of sp³-hybridized carbons (Fsp3) is 0.167. The lowest BCUT2D eigenvalue weighted by Crippen LogP contribution is -2.20. The van der Waals surface area contributed by atoms with E-state index < -0.39 is 17.6 Å². The van der Waals surface area contributed by atoms with Gasteiger partial charge in [-0.3, -0.25) is 9.59 Å². The minimum Gasteiger partial charge on any atom is -0.493 e. The van der Waals surface area contributed by atoms with E-state index >= 15 is 0 Å². The number of carbonyl (C=O) groups is 2. The van der Waals surface area contributed by atoms with Crippen LogP contribution in [0.2, 0.25) is 0 Å². The summed E-state index contributed by atoms with van der Waals surface area (Å²) >= 11 is 0. The fourth-order valence-corrected chi connectivity index (χ4v) is 2.09. The minimum absolute atomic E-state index is 0.214. The zero-order chi connectivity index (χ0) is 19.8. The van der Waals surface area contributed by atoms with Crippen LogP contribution in [0.3, 0.4) is 0 Å². The van der Waals surface area contributed by atoms with Crippen LogP contribution in [0, 0.1) is 5.82 Å². The number of amides is 2. The number of hydrazone groups is 1. The Kier molecular flexibility index (Phi) is 6.70. The first-order chi connectivity index (χ1) is 12.9. The van der Waals surface area contributed by atoms with E-state index in [1.807, 2.05) is 0 Å². The van der Waals surface area contributed by atoms with E-state index in [1.165, 1.54) is 44.7 Å². The van der Waals surface area contributed by atoms with Crippen molar-refractivity contribution in [3.05, 3.63) is 53.3 Å². The molecule has 0 saturated carbocycles. The predicted molar refractivity (Wildman–Crippen MR) is 95.7 cm³/mol. The molecule has 0 fully saturated rings. The fourth-order valence-electron chi connectivity index (χ4n) is 2.09. The molecule has 8 nitrogen and oxygen atoms in total. The molecular weight excluding hydrogens is 357 g/mol. The Morgan fingerprint density at radius 2 is 1.74 bits per heavy atom. The summed E-state index contributed by atoms with van der Waals surface area (Å²) < 4.78 is 28.6. The standard InChI is InChI=1S/C18H18FN3O5/c1-25-14-7-11(8-15(26-2)17(14)27-10-16(20)23)9-21-22-18(24)12-3-5-13(19)6-4-12/h3-9H,10H2,1-2H3,(H2,20,23)(H,22,24)/b21-9-. The van der Waals surface area contributed by atoms with Crippen LogP contribution in [0.25, 0.3) is 0 Å². The number of nitrogens with zero attached hydrogens (tertiary/aromatic N) is 1. The van der Waals surface area contributed by atoms with Gasteiger partial charge in [-0.25, -0.2) is 9.82 Å². The van der Waals surface area contributed by atoms with Gasteiger partial charge in [0.15, 0.2) is 18.1 Å². The number of ether oxygens (including phenoxy) is 3. The van der Waals surface area contributed by atoms with Gasteiger partial charge in [0.05, 0.1) is 20.4 Å². The second-order valence-corrected chi connectivity index (χ2v) is 5.22. The van der Waals surface area contributed by atoms with Gasteiger partial charge in [0.1, 0.15) is 5.82 Å². The van der Waals surface area contributed by atoms with E-state index in [0.29, 0.717) is 17.1 Å². The number of primary amides is 1. The number of nitrogens with one attached hydrogen (secondary N) is 1. The number of methoxy groups -OCH3 is 2. The normalized spacial score (nSPS) is 10.5. The summed E-state index contributed by atoms with van der Waals surface area (Å²) in [5, 5.41) is 3.85. The maximum Gasteiger partial charge on any atom is 0.271 e. The number of benzene rings is 2. The summed E-state index contributed by atoms with van der Waals surface area (Å²) in [6, 6.07) is 8.20. The van der Waals surface area contributed by atoms with Crippen molar-refractivity contribution >= 4 is 18.0 Å². The van der Waals surface area contributed by atoms with Crippen LogP contribution < -0.4 is 25.4 Å². The van der Waals surface area contributed by atoms with Gasteiger partial charge in [-0.1, -0.05) is 0 Å². The predicted octanol–water partition coefficient (Wildman–Crippen LogP) is 1.47. The van der Waals surface area contributed by atoms with Gasteiger partial charge in [-0.05, 0) is 36.4 Å². The molecule has 2 amide bonds. The summed E-state index contributed by atoms with van der Waals surface area (Å²) in [4.78, 5) is 22.8. The molecule has 0 aliphatic carbocycles. The minimum atomic E-state index is -0.645. The number of rotatable bonds is 8. The summed E-state index contributed by atoms with van der Waals surface area (Å²) in [6.07, 6.45) is 1.37. The van der Waals surface area contributed by atoms with E-state index in [1.54, 1.807) is 12.1 Å². The number of hydrogen-bond acceptors (Lipinski definition) is 6. The quantitative estimate of drug-likeness (QED) is 0.536. The van der Waals surface area contributed by atoms with Crippen molar-refractivity contribution in [2.45, 2.75) is 0 Å². The molecule has 27 heavy (non-hydrogen) atoms. The Morgan fingerprint density at radius 1 is 1.15 bits per heavy atom. The van der Waals surface area contributed by atoms with Crippen LogP contribution in [0.4, 0.5) is 4.39 Å². The molecule has 0 unspecified atom stereocenters. The topological polar surface area (TPSA) is 112 Å². The van der Waals surface area contributed by atoms with Crippen LogP contribution >= 0.6 is 0 Å². The van der Waals surface area contributed by atoms with Gasteiger partial charge in [0, 0.05) is 11.1 Å². The molecule has 0 radical (unpaired) electrons. The number of carbonyl (C=O) groups excluding carboxylic acids is 2. The Bertz CT molecular complexity index is 828. The highest BCUT2D eigenvalue weighted by atomic mass is 19.1. The molecule has 0 aliphatic rings. The monoisotopic (exact) mass is 375 g/mol. The van der Waals surface area contributed by atoms with Gasteiger partial charge >= 0.3 is 0 Å². The molecule has 2 rings (SSSR count). The van der Waals surface area contributed by atoms with Crippen molar-refractivity contribution in [1.29, 1.82) is 0 Å². The van der Waals surface area contributed by atoms with Gasteiger partial charge < -0.3 is 19.9 Å². The number of hydrogen-bond donors (Lipinski definition) is 2. The third-order valence-electron chi connectivity index (χ3n) is 3.33. The van der Waals surface area contributed by atoms with Crippen LogP contribution in [-0.2, 0) is 4.79 Å². The second-order valence-electron chi connectivity index (χ2n) is 5.22. The van der Waals surface area contributed by atoms with Crippen molar-refractivity contribution < 1.29 is 28.2 Å². The van der Waals surface area contributed by atoms with E-state index in [-0.39, 0.29) is 17.9 Å². The van der Waals surface area contributed by atoms with Crippen LogP contribution in [-0.4, -0.2) is 38.9 Å². The summed E-state index contributed by atoms with van der Waals surface area (Å²) in [7, 11) is 2.84. The average Bonchev–Trinajstić information content (AvgIpc) is 2.66. The molecule has 0 atom stereocenters. The van der Waals surface area contributed by atoms with Gasteiger partial charge in [0.25, 0.3) is 11.8 Å². The molecule has 0 spiro atoms. The zero-order valence-corrected chi connectivity index (χ0v) is 14.7. The van der Waals surface area contributed by atoms with Crippen molar-refractivity contribution in [2.24, 2.45) is 10.8 Å². The second kappa shape index (κ2) is 9.18. The van der Waals surface area contributed by atoms with Crippen molar-refractivity contribution in [3.63, 3.8) is 0 Å². The zero-order valence-electron chi connectivity index (χ0n) is 14.7. The molecule has 0 heterocycles. The third kappa shape index (κ3) is 5.43. The first kappa shape index (κ1) is 19.7. The Balaban J connectivity index is 2.15. The Hall–Kier alpha value is -3.62. The van der Waals surface area contributed by atoms with E-state index in [2.05, 4.69) is 10.5 Å². The first-order valence-electron chi connectivity index (χ1n) is 7.70. The molecule has 0 bridgehead atoms. The first-order valence-corrected chi connectivity index (χ1v) is 7.70. The van der Waals surface area contributed by atoms with Crippen molar-refractivity contribution in [2.75, 3.05) is 20.8 Å². The molecule has 0 aromatic heterocycles. The van der Waals surface area contributed by atoms with Crippen molar-refractivity contribution in [3.8, 4) is 17.2 Å². The Labute approximate surface area is 154 Å². The molecule has 3 N–H and O–H groups in total.